The molecule has 3 rings (SSSR count). The summed E-state index contributed by atoms with van der Waals surface area (Å²) in [4.78, 5) is 4.09. The van der Waals surface area contributed by atoms with E-state index in [0.717, 1.165) is 16.9 Å². The zero-order valence-electron chi connectivity index (χ0n) is 9.45. The summed E-state index contributed by atoms with van der Waals surface area (Å²) in [5, 5.41) is 9.99. The minimum atomic E-state index is 0.448. The number of rotatable bonds is 3. The van der Waals surface area contributed by atoms with Crippen molar-refractivity contribution in [3.8, 4) is 22.8 Å². The topological polar surface area (TPSA) is 63.7 Å². The fourth-order valence-electron chi connectivity index (χ4n) is 1.61. The molecule has 0 unspecified atom stereocenters. The van der Waals surface area contributed by atoms with E-state index in [4.69, 9.17) is 4.74 Å². The molecule has 0 fully saturated rings. The van der Waals surface area contributed by atoms with Gasteiger partial charge >= 0.3 is 0 Å². The average molecular weight is 238 g/mol. The lowest BCUT2D eigenvalue weighted by molar-refractivity contribution is 0.461. The predicted molar refractivity (Wildman–Crippen MR) is 66.1 cm³/mol. The van der Waals surface area contributed by atoms with E-state index in [-0.39, 0.29) is 0 Å². The highest BCUT2D eigenvalue weighted by molar-refractivity contribution is 5.62. The van der Waals surface area contributed by atoms with Gasteiger partial charge in [0.05, 0.1) is 0 Å². The molecule has 0 amide bonds. The van der Waals surface area contributed by atoms with Gasteiger partial charge in [-0.3, -0.25) is 4.98 Å². The normalized spacial score (nSPS) is 10.2. The van der Waals surface area contributed by atoms with Crippen LogP contribution < -0.4 is 4.74 Å². The summed E-state index contributed by atoms with van der Waals surface area (Å²) in [6, 6.07) is 11.7. The van der Waals surface area contributed by atoms with Gasteiger partial charge in [-0.2, -0.15) is 10.3 Å². The molecule has 0 radical (unpaired) electrons. The third kappa shape index (κ3) is 2.20. The molecule has 0 aliphatic heterocycles. The molecule has 5 heteroatoms. The molecule has 2 aromatic heterocycles. The molecule has 0 atom stereocenters. The van der Waals surface area contributed by atoms with Gasteiger partial charge in [-0.1, -0.05) is 18.2 Å². The van der Waals surface area contributed by atoms with Crippen molar-refractivity contribution in [1.29, 1.82) is 0 Å². The smallest absolute Gasteiger partial charge is 0.258 e. The molecular weight excluding hydrogens is 228 g/mol. The molecule has 5 nitrogen and oxygen atoms in total. The van der Waals surface area contributed by atoms with Gasteiger partial charge in [0.25, 0.3) is 5.88 Å². The van der Waals surface area contributed by atoms with Crippen LogP contribution in [-0.4, -0.2) is 20.4 Å². The molecule has 3 aromatic rings. The second-order valence-corrected chi connectivity index (χ2v) is 3.68. The summed E-state index contributed by atoms with van der Waals surface area (Å²) in [7, 11) is 0. The van der Waals surface area contributed by atoms with Crippen LogP contribution in [0.1, 0.15) is 0 Å². The Hall–Kier alpha value is -2.69. The average Bonchev–Trinajstić information content (AvgIpc) is 2.94. The molecule has 0 aliphatic carbocycles. The third-order valence-corrected chi connectivity index (χ3v) is 2.46. The van der Waals surface area contributed by atoms with Gasteiger partial charge in [-0.25, -0.2) is 0 Å². The Bertz CT molecular complexity index is 605. The highest BCUT2D eigenvalue weighted by Gasteiger charge is 2.01. The van der Waals surface area contributed by atoms with Crippen molar-refractivity contribution >= 4 is 0 Å². The van der Waals surface area contributed by atoms with Crippen LogP contribution in [0.25, 0.3) is 11.1 Å². The van der Waals surface area contributed by atoms with Crippen LogP contribution in [0.4, 0.5) is 0 Å². The van der Waals surface area contributed by atoms with Crippen LogP contribution in [0.3, 0.4) is 0 Å². The van der Waals surface area contributed by atoms with E-state index >= 15 is 0 Å². The SMILES string of the molecule is c1cncc(-c2ccc(Oc3cn[nH]n3)cc2)c1. The van der Waals surface area contributed by atoms with Crippen molar-refractivity contribution in [2.75, 3.05) is 0 Å². The summed E-state index contributed by atoms with van der Waals surface area (Å²) < 4.78 is 5.49. The van der Waals surface area contributed by atoms with E-state index < -0.39 is 0 Å². The van der Waals surface area contributed by atoms with E-state index in [0.29, 0.717) is 5.88 Å². The lowest BCUT2D eigenvalue weighted by Crippen LogP contribution is -1.85. The molecular formula is C13H10N4O. The van der Waals surface area contributed by atoms with Crippen molar-refractivity contribution < 1.29 is 4.74 Å². The van der Waals surface area contributed by atoms with Crippen LogP contribution in [0, 0.1) is 0 Å². The summed E-state index contributed by atoms with van der Waals surface area (Å²) in [5.74, 6) is 1.17. The van der Waals surface area contributed by atoms with Gasteiger partial charge in [-0.05, 0) is 29.3 Å². The minimum Gasteiger partial charge on any atom is -0.436 e. The predicted octanol–water partition coefficient (Wildman–Crippen LogP) is 2.66. The van der Waals surface area contributed by atoms with Crippen molar-refractivity contribution in [2.24, 2.45) is 0 Å². The van der Waals surface area contributed by atoms with Gasteiger partial charge < -0.3 is 4.74 Å². The van der Waals surface area contributed by atoms with Gasteiger partial charge in [0.15, 0.2) is 0 Å². The molecule has 0 saturated carbocycles. The van der Waals surface area contributed by atoms with E-state index in [1.807, 2.05) is 42.6 Å². The summed E-state index contributed by atoms with van der Waals surface area (Å²) in [6.07, 6.45) is 5.11. The fraction of sp³-hybridized carbons (Fsp3) is 0. The van der Waals surface area contributed by atoms with Gasteiger partial charge in [0.1, 0.15) is 11.9 Å². The van der Waals surface area contributed by atoms with Gasteiger partial charge in [0, 0.05) is 12.4 Å². The first-order chi connectivity index (χ1) is 8.92. The first-order valence-electron chi connectivity index (χ1n) is 5.46. The van der Waals surface area contributed by atoms with Crippen molar-refractivity contribution in [3.05, 3.63) is 55.0 Å². The highest BCUT2D eigenvalue weighted by atomic mass is 16.5. The Morgan fingerprint density at radius 1 is 0.944 bits per heavy atom. The molecule has 0 bridgehead atoms. The van der Waals surface area contributed by atoms with Crippen molar-refractivity contribution in [2.45, 2.75) is 0 Å². The van der Waals surface area contributed by atoms with Gasteiger partial charge in [0.2, 0.25) is 0 Å². The zero-order valence-corrected chi connectivity index (χ0v) is 9.45. The van der Waals surface area contributed by atoms with Crippen molar-refractivity contribution in [3.63, 3.8) is 0 Å². The van der Waals surface area contributed by atoms with Crippen LogP contribution in [0.15, 0.2) is 55.0 Å². The molecule has 0 aliphatic rings. The number of hydrogen-bond donors (Lipinski definition) is 1. The summed E-state index contributed by atoms with van der Waals surface area (Å²) in [6.45, 7) is 0. The number of nitrogens with one attached hydrogen (secondary N) is 1. The summed E-state index contributed by atoms with van der Waals surface area (Å²) >= 11 is 0. The molecule has 0 saturated heterocycles. The van der Waals surface area contributed by atoms with Crippen LogP contribution in [0.2, 0.25) is 0 Å². The lowest BCUT2D eigenvalue weighted by Gasteiger charge is -2.03. The van der Waals surface area contributed by atoms with E-state index in [1.165, 1.54) is 6.20 Å². The number of pyridine rings is 1. The molecule has 18 heavy (non-hydrogen) atoms. The number of nitrogens with zero attached hydrogens (tertiary/aromatic N) is 3. The molecule has 0 spiro atoms. The number of aromatic amines is 1. The first-order valence-corrected chi connectivity index (χ1v) is 5.46. The fourth-order valence-corrected chi connectivity index (χ4v) is 1.61. The number of hydrogen-bond acceptors (Lipinski definition) is 4. The summed E-state index contributed by atoms with van der Waals surface area (Å²) in [5.41, 5.74) is 2.17. The number of aromatic nitrogens is 4. The highest BCUT2D eigenvalue weighted by Crippen LogP contribution is 2.23. The second kappa shape index (κ2) is 4.67. The Balaban J connectivity index is 1.81. The minimum absolute atomic E-state index is 0.448. The van der Waals surface area contributed by atoms with E-state index in [1.54, 1.807) is 6.20 Å². The van der Waals surface area contributed by atoms with Gasteiger partial charge in [-0.15, -0.1) is 5.10 Å². The maximum atomic E-state index is 5.49. The Kier molecular flexibility index (Phi) is 2.71. The number of ether oxygens (including phenoxy) is 1. The lowest BCUT2D eigenvalue weighted by atomic mass is 10.1. The molecule has 1 N–H and O–H groups in total. The van der Waals surface area contributed by atoms with E-state index in [2.05, 4.69) is 20.4 Å². The number of H-pyrrole nitrogens is 1. The van der Waals surface area contributed by atoms with Crippen LogP contribution >= 0.6 is 0 Å². The quantitative estimate of drug-likeness (QED) is 0.761. The third-order valence-electron chi connectivity index (χ3n) is 2.46. The van der Waals surface area contributed by atoms with Crippen LogP contribution in [0.5, 0.6) is 11.6 Å². The zero-order chi connectivity index (χ0) is 12.2. The Morgan fingerprint density at radius 2 is 1.83 bits per heavy atom. The molecule has 88 valence electrons. The van der Waals surface area contributed by atoms with E-state index in [9.17, 15) is 0 Å². The number of benzene rings is 1. The standard InChI is InChI=1S/C13H10N4O/c1-2-11(8-14-7-1)10-3-5-12(6-4-10)18-13-9-15-17-16-13/h1-9H,(H,15,16,17). The second-order valence-electron chi connectivity index (χ2n) is 3.68. The maximum Gasteiger partial charge on any atom is 0.258 e. The largest absolute Gasteiger partial charge is 0.436 e. The first kappa shape index (κ1) is 10.5. The van der Waals surface area contributed by atoms with Crippen LogP contribution in [-0.2, 0) is 0 Å². The maximum absolute atomic E-state index is 5.49. The molecule has 1 aromatic carbocycles. The Labute approximate surface area is 103 Å². The monoisotopic (exact) mass is 238 g/mol. The Morgan fingerprint density at radius 3 is 2.50 bits per heavy atom. The van der Waals surface area contributed by atoms with Crippen molar-refractivity contribution in [1.82, 2.24) is 20.4 Å². The molecule has 2 heterocycles.